The molecule has 0 spiro atoms. The molecule has 27 heavy (non-hydrogen) atoms. The molecule has 0 radical (unpaired) electrons. The molecule has 7 heteroatoms. The van der Waals surface area contributed by atoms with E-state index >= 15 is 0 Å². The Kier molecular flexibility index (Phi) is 4.26. The van der Waals surface area contributed by atoms with Crippen LogP contribution in [0.2, 0.25) is 0 Å². The van der Waals surface area contributed by atoms with Crippen LogP contribution in [0.5, 0.6) is 0 Å². The molecule has 4 aromatic rings. The van der Waals surface area contributed by atoms with E-state index in [9.17, 15) is 13.2 Å². The van der Waals surface area contributed by atoms with Gasteiger partial charge in [-0.1, -0.05) is 46.3 Å². The van der Waals surface area contributed by atoms with Crippen molar-refractivity contribution >= 4 is 26.8 Å². The van der Waals surface area contributed by atoms with Crippen LogP contribution in [0.1, 0.15) is 11.3 Å². The van der Waals surface area contributed by atoms with Gasteiger partial charge in [0.1, 0.15) is 0 Å². The van der Waals surface area contributed by atoms with Gasteiger partial charge in [0.2, 0.25) is 0 Å². The second kappa shape index (κ2) is 6.49. The largest absolute Gasteiger partial charge is 0.433 e. The predicted octanol–water partition coefficient (Wildman–Crippen LogP) is 6.18. The first-order valence-corrected chi connectivity index (χ1v) is 8.92. The van der Waals surface area contributed by atoms with Gasteiger partial charge in [-0.25, -0.2) is 9.67 Å². The summed E-state index contributed by atoms with van der Waals surface area (Å²) in [6, 6.07) is 17.0. The van der Waals surface area contributed by atoms with Gasteiger partial charge in [0.25, 0.3) is 0 Å². The molecule has 0 aliphatic rings. The summed E-state index contributed by atoms with van der Waals surface area (Å²) in [6.07, 6.45) is -4.55. The Morgan fingerprint density at radius 3 is 2.37 bits per heavy atom. The van der Waals surface area contributed by atoms with Crippen molar-refractivity contribution in [1.29, 1.82) is 0 Å². The Labute approximate surface area is 161 Å². The molecule has 0 aliphatic carbocycles. The lowest BCUT2D eigenvalue weighted by Gasteiger charge is -2.11. The van der Waals surface area contributed by atoms with Crippen LogP contribution in [-0.4, -0.2) is 14.8 Å². The zero-order chi connectivity index (χ0) is 19.2. The SMILES string of the molecule is Cc1cc(-n2nc(-c3ccc(Br)cc3)cc2C(F)(F)F)nc2ccccc12. The lowest BCUT2D eigenvalue weighted by molar-refractivity contribution is -0.142. The molecule has 0 unspecified atom stereocenters. The fourth-order valence-electron chi connectivity index (χ4n) is 2.96. The van der Waals surface area contributed by atoms with Gasteiger partial charge in [-0.05, 0) is 42.8 Å². The number of aryl methyl sites for hydroxylation is 1. The van der Waals surface area contributed by atoms with Crippen LogP contribution >= 0.6 is 15.9 Å². The first kappa shape index (κ1) is 17.7. The fraction of sp³-hybridized carbons (Fsp3) is 0.100. The van der Waals surface area contributed by atoms with Crippen LogP contribution < -0.4 is 0 Å². The number of fused-ring (bicyclic) bond motifs is 1. The van der Waals surface area contributed by atoms with E-state index in [1.807, 2.05) is 19.1 Å². The zero-order valence-corrected chi connectivity index (χ0v) is 15.7. The first-order chi connectivity index (χ1) is 12.8. The lowest BCUT2D eigenvalue weighted by atomic mass is 10.1. The van der Waals surface area contributed by atoms with Crippen LogP contribution in [0, 0.1) is 6.92 Å². The highest BCUT2D eigenvalue weighted by Crippen LogP contribution is 2.34. The van der Waals surface area contributed by atoms with Gasteiger partial charge in [0, 0.05) is 15.4 Å². The average Bonchev–Trinajstić information content (AvgIpc) is 3.08. The summed E-state index contributed by atoms with van der Waals surface area (Å²) in [5.74, 6) is 0.141. The second-order valence-electron chi connectivity index (χ2n) is 6.15. The number of hydrogen-bond donors (Lipinski definition) is 0. The Balaban J connectivity index is 1.93. The van der Waals surface area contributed by atoms with E-state index < -0.39 is 11.9 Å². The highest BCUT2D eigenvalue weighted by molar-refractivity contribution is 9.10. The zero-order valence-electron chi connectivity index (χ0n) is 14.1. The third-order valence-corrected chi connectivity index (χ3v) is 4.79. The molecule has 0 saturated heterocycles. The lowest BCUT2D eigenvalue weighted by Crippen LogP contribution is -2.14. The van der Waals surface area contributed by atoms with Gasteiger partial charge in [0.05, 0.1) is 11.2 Å². The molecule has 0 N–H and O–H groups in total. The standard InChI is InChI=1S/C20H13BrF3N3/c1-12-10-19(25-16-5-3-2-4-15(12)16)27-18(20(22,23)24)11-17(26-27)13-6-8-14(21)9-7-13/h2-11H,1H3. The van der Waals surface area contributed by atoms with Crippen LogP contribution in [-0.2, 0) is 6.18 Å². The number of benzene rings is 2. The normalized spacial score (nSPS) is 11.9. The number of aromatic nitrogens is 3. The molecule has 4 rings (SSSR count). The van der Waals surface area contributed by atoms with Gasteiger partial charge in [0.15, 0.2) is 11.5 Å². The molecule has 2 aromatic heterocycles. The van der Waals surface area contributed by atoms with Crippen molar-refractivity contribution in [3.63, 3.8) is 0 Å². The maximum absolute atomic E-state index is 13.6. The van der Waals surface area contributed by atoms with E-state index in [2.05, 4.69) is 26.0 Å². The van der Waals surface area contributed by atoms with Gasteiger partial charge >= 0.3 is 6.18 Å². The maximum Gasteiger partial charge on any atom is 0.433 e. The average molecular weight is 432 g/mol. The smallest absolute Gasteiger partial charge is 0.229 e. The molecule has 0 amide bonds. The topological polar surface area (TPSA) is 30.7 Å². The van der Waals surface area contributed by atoms with Crippen molar-refractivity contribution in [2.75, 3.05) is 0 Å². The minimum absolute atomic E-state index is 0.141. The van der Waals surface area contributed by atoms with Crippen molar-refractivity contribution < 1.29 is 13.2 Å². The van der Waals surface area contributed by atoms with Crippen molar-refractivity contribution in [2.24, 2.45) is 0 Å². The Morgan fingerprint density at radius 2 is 1.67 bits per heavy atom. The third kappa shape index (κ3) is 3.35. The van der Waals surface area contributed by atoms with Crippen molar-refractivity contribution in [1.82, 2.24) is 14.8 Å². The monoisotopic (exact) mass is 431 g/mol. The number of hydrogen-bond acceptors (Lipinski definition) is 2. The summed E-state index contributed by atoms with van der Waals surface area (Å²) < 4.78 is 42.6. The summed E-state index contributed by atoms with van der Waals surface area (Å²) in [5.41, 5.74) is 1.44. The summed E-state index contributed by atoms with van der Waals surface area (Å²) >= 11 is 3.32. The van der Waals surface area contributed by atoms with Crippen LogP contribution in [0.25, 0.3) is 28.0 Å². The molecule has 0 atom stereocenters. The van der Waals surface area contributed by atoms with E-state index in [1.54, 1.807) is 42.5 Å². The molecular formula is C20H13BrF3N3. The Morgan fingerprint density at radius 1 is 0.963 bits per heavy atom. The van der Waals surface area contributed by atoms with Crippen LogP contribution in [0.4, 0.5) is 13.2 Å². The van der Waals surface area contributed by atoms with Crippen molar-refractivity contribution in [2.45, 2.75) is 13.1 Å². The van der Waals surface area contributed by atoms with E-state index in [4.69, 9.17) is 0 Å². The van der Waals surface area contributed by atoms with Crippen LogP contribution in [0.3, 0.4) is 0 Å². The molecular weight excluding hydrogens is 419 g/mol. The number of alkyl halides is 3. The Bertz CT molecular complexity index is 1130. The number of halogens is 4. The molecule has 0 bridgehead atoms. The minimum Gasteiger partial charge on any atom is -0.229 e. The maximum atomic E-state index is 13.6. The summed E-state index contributed by atoms with van der Waals surface area (Å²) in [7, 11) is 0. The van der Waals surface area contributed by atoms with E-state index in [0.29, 0.717) is 11.1 Å². The van der Waals surface area contributed by atoms with Gasteiger partial charge < -0.3 is 0 Å². The van der Waals surface area contributed by atoms with E-state index in [1.165, 1.54) is 0 Å². The predicted molar refractivity (Wildman–Crippen MR) is 102 cm³/mol. The Hall–Kier alpha value is -2.67. The molecule has 3 nitrogen and oxygen atoms in total. The van der Waals surface area contributed by atoms with Gasteiger partial charge in [-0.2, -0.15) is 18.3 Å². The third-order valence-electron chi connectivity index (χ3n) is 4.27. The highest BCUT2D eigenvalue weighted by atomic mass is 79.9. The van der Waals surface area contributed by atoms with Crippen molar-refractivity contribution in [3.8, 4) is 17.1 Å². The summed E-state index contributed by atoms with van der Waals surface area (Å²) in [4.78, 5) is 4.39. The molecule has 0 saturated carbocycles. The van der Waals surface area contributed by atoms with Crippen LogP contribution in [0.15, 0.2) is 65.1 Å². The fourth-order valence-corrected chi connectivity index (χ4v) is 3.22. The first-order valence-electron chi connectivity index (χ1n) is 8.13. The minimum atomic E-state index is -4.55. The highest BCUT2D eigenvalue weighted by Gasteiger charge is 2.37. The molecule has 2 aromatic carbocycles. The quantitative estimate of drug-likeness (QED) is 0.379. The summed E-state index contributed by atoms with van der Waals surface area (Å²) in [5, 5.41) is 5.11. The number of pyridine rings is 1. The van der Waals surface area contributed by atoms with E-state index in [0.717, 1.165) is 26.2 Å². The second-order valence-corrected chi connectivity index (χ2v) is 7.06. The van der Waals surface area contributed by atoms with Crippen molar-refractivity contribution in [3.05, 3.63) is 76.4 Å². The summed E-state index contributed by atoms with van der Waals surface area (Å²) in [6.45, 7) is 1.85. The molecule has 2 heterocycles. The number of rotatable bonds is 2. The number of para-hydroxylation sites is 1. The molecule has 136 valence electrons. The molecule has 0 fully saturated rings. The van der Waals surface area contributed by atoms with Gasteiger partial charge in [-0.3, -0.25) is 0 Å². The van der Waals surface area contributed by atoms with E-state index in [-0.39, 0.29) is 11.5 Å². The van der Waals surface area contributed by atoms with Gasteiger partial charge in [-0.15, -0.1) is 0 Å². The molecule has 0 aliphatic heterocycles. The number of nitrogens with zero attached hydrogens (tertiary/aromatic N) is 3.